The highest BCUT2D eigenvalue weighted by atomic mass is 35.5. The Balaban J connectivity index is 1.51. The molecule has 0 saturated heterocycles. The van der Waals surface area contributed by atoms with Crippen LogP contribution in [0, 0.1) is 5.92 Å². The van der Waals surface area contributed by atoms with Gasteiger partial charge in [-0.1, -0.05) is 61.0 Å². The first-order chi connectivity index (χ1) is 16.8. The van der Waals surface area contributed by atoms with Gasteiger partial charge in [-0.05, 0) is 73.9 Å². The topological polar surface area (TPSA) is 54.3 Å². The summed E-state index contributed by atoms with van der Waals surface area (Å²) in [5.74, 6) is 0.480. The highest BCUT2D eigenvalue weighted by Gasteiger charge is 2.48. The number of amides is 2. The lowest BCUT2D eigenvalue weighted by Crippen LogP contribution is -2.64. The summed E-state index contributed by atoms with van der Waals surface area (Å²) in [4.78, 5) is 29.5. The molecule has 1 N–H and O–H groups in total. The third kappa shape index (κ3) is 4.62. The summed E-state index contributed by atoms with van der Waals surface area (Å²) in [5.41, 5.74) is 2.49. The fourth-order valence-electron chi connectivity index (χ4n) is 5.40. The van der Waals surface area contributed by atoms with Gasteiger partial charge in [0.15, 0.2) is 0 Å². The lowest BCUT2D eigenvalue weighted by Gasteiger charge is -2.45. The highest BCUT2D eigenvalue weighted by Crippen LogP contribution is 2.35. The van der Waals surface area contributed by atoms with Crippen LogP contribution in [-0.2, 0) is 17.9 Å². The number of carbonyl (C=O) groups is 2. The first kappa shape index (κ1) is 23.7. The smallest absolute Gasteiger partial charge is 0.271 e. The van der Waals surface area contributed by atoms with E-state index in [2.05, 4.69) is 12.2 Å². The molecule has 182 valence electrons. The van der Waals surface area contributed by atoms with Crippen LogP contribution in [0.25, 0.3) is 11.3 Å². The number of hydrogen-bond donors (Lipinski definition) is 1. The Labute approximate surface area is 212 Å². The molecule has 1 aliphatic carbocycles. The number of hydrogen-bond acceptors (Lipinski definition) is 2. The lowest BCUT2D eigenvalue weighted by atomic mass is 9.86. The van der Waals surface area contributed by atoms with Crippen LogP contribution in [0.1, 0.15) is 55.6 Å². The first-order valence-corrected chi connectivity index (χ1v) is 12.9. The molecule has 2 aromatic carbocycles. The van der Waals surface area contributed by atoms with E-state index in [0.717, 1.165) is 42.5 Å². The molecular formula is C29H32ClN3O2. The van der Waals surface area contributed by atoms with Crippen molar-refractivity contribution in [2.24, 2.45) is 5.92 Å². The molecule has 35 heavy (non-hydrogen) atoms. The fraction of sp³-hybridized carbons (Fsp3) is 0.379. The number of rotatable bonds is 5. The number of benzene rings is 2. The first-order valence-electron chi connectivity index (χ1n) is 12.5. The summed E-state index contributed by atoms with van der Waals surface area (Å²) >= 11 is 6.09. The second-order valence-electron chi connectivity index (χ2n) is 10.3. The van der Waals surface area contributed by atoms with E-state index >= 15 is 0 Å². The van der Waals surface area contributed by atoms with Crippen molar-refractivity contribution in [2.45, 2.75) is 64.2 Å². The van der Waals surface area contributed by atoms with Crippen molar-refractivity contribution in [3.63, 3.8) is 0 Å². The van der Waals surface area contributed by atoms with Crippen molar-refractivity contribution in [2.75, 3.05) is 0 Å². The minimum Gasteiger partial charge on any atom is -0.351 e. The number of halogens is 1. The average Bonchev–Trinajstić information content (AvgIpc) is 3.28. The maximum atomic E-state index is 13.9. The van der Waals surface area contributed by atoms with Gasteiger partial charge in [0, 0.05) is 23.3 Å². The summed E-state index contributed by atoms with van der Waals surface area (Å²) in [5, 5.41) is 3.96. The van der Waals surface area contributed by atoms with Crippen molar-refractivity contribution >= 4 is 23.4 Å². The van der Waals surface area contributed by atoms with Crippen LogP contribution in [0.2, 0.25) is 5.02 Å². The molecular weight excluding hydrogens is 458 g/mol. The van der Waals surface area contributed by atoms with Crippen LogP contribution in [0.5, 0.6) is 0 Å². The minimum absolute atomic E-state index is 0.0854. The van der Waals surface area contributed by atoms with E-state index in [4.69, 9.17) is 11.6 Å². The SMILES string of the molecule is CC1CCC(NC(=O)[C@@]2(C)Cn3c(ccc3-c3ccccc3)C(=O)N2Cc2ccc(Cl)cc2)CC1. The van der Waals surface area contributed by atoms with Crippen molar-refractivity contribution in [1.82, 2.24) is 14.8 Å². The molecule has 1 saturated carbocycles. The Bertz CT molecular complexity index is 1210. The largest absolute Gasteiger partial charge is 0.351 e. The molecule has 0 radical (unpaired) electrons. The number of nitrogens with zero attached hydrogens (tertiary/aromatic N) is 2. The number of nitrogens with one attached hydrogen (secondary N) is 1. The van der Waals surface area contributed by atoms with E-state index in [9.17, 15) is 9.59 Å². The number of carbonyl (C=O) groups excluding carboxylic acids is 2. The van der Waals surface area contributed by atoms with Crippen molar-refractivity contribution < 1.29 is 9.59 Å². The Hall–Kier alpha value is -3.05. The highest BCUT2D eigenvalue weighted by molar-refractivity contribution is 6.30. The van der Waals surface area contributed by atoms with Gasteiger partial charge in [0.1, 0.15) is 11.2 Å². The van der Waals surface area contributed by atoms with Crippen LogP contribution in [-0.4, -0.2) is 32.9 Å². The van der Waals surface area contributed by atoms with Crippen LogP contribution >= 0.6 is 11.6 Å². The number of aromatic nitrogens is 1. The molecule has 1 aromatic heterocycles. The monoisotopic (exact) mass is 489 g/mol. The summed E-state index contributed by atoms with van der Waals surface area (Å²) in [6.07, 6.45) is 4.21. The molecule has 0 unspecified atom stereocenters. The van der Waals surface area contributed by atoms with Gasteiger partial charge >= 0.3 is 0 Å². The van der Waals surface area contributed by atoms with E-state index in [1.54, 1.807) is 4.90 Å². The van der Waals surface area contributed by atoms with E-state index in [-0.39, 0.29) is 17.9 Å². The predicted octanol–water partition coefficient (Wildman–Crippen LogP) is 5.92. The number of fused-ring (bicyclic) bond motifs is 1. The zero-order valence-corrected chi connectivity index (χ0v) is 21.1. The van der Waals surface area contributed by atoms with Crippen LogP contribution in [0.3, 0.4) is 0 Å². The molecule has 5 rings (SSSR count). The van der Waals surface area contributed by atoms with E-state index < -0.39 is 5.54 Å². The maximum absolute atomic E-state index is 13.9. The molecule has 3 aromatic rings. The van der Waals surface area contributed by atoms with Crippen LogP contribution in [0.4, 0.5) is 0 Å². The molecule has 2 amide bonds. The fourth-order valence-corrected chi connectivity index (χ4v) is 5.53. The quantitative estimate of drug-likeness (QED) is 0.483. The molecule has 2 aliphatic rings. The maximum Gasteiger partial charge on any atom is 0.271 e. The Kier molecular flexibility index (Phi) is 6.45. The molecule has 1 aliphatic heterocycles. The van der Waals surface area contributed by atoms with Crippen LogP contribution in [0.15, 0.2) is 66.7 Å². The zero-order chi connectivity index (χ0) is 24.6. The lowest BCUT2D eigenvalue weighted by molar-refractivity contribution is -0.134. The van der Waals surface area contributed by atoms with Gasteiger partial charge in [0.05, 0.1) is 6.54 Å². The normalized spacial score (nSPS) is 24.2. The van der Waals surface area contributed by atoms with Gasteiger partial charge in [0.2, 0.25) is 5.91 Å². The Morgan fingerprint density at radius 2 is 1.63 bits per heavy atom. The second kappa shape index (κ2) is 9.54. The standard InChI is InChI=1S/C29H32ClN3O2/c1-20-8-14-24(15-9-20)31-28(35)29(2)19-32-25(22-6-4-3-5-7-22)16-17-26(32)27(34)33(29)18-21-10-12-23(30)13-11-21/h3-7,10-13,16-17,20,24H,8-9,14-15,18-19H2,1-2H3,(H,31,35)/t20?,24?,29-/m1/s1. The molecule has 1 atom stereocenters. The molecule has 1 fully saturated rings. The van der Waals surface area contributed by atoms with Gasteiger partial charge in [-0.3, -0.25) is 9.59 Å². The van der Waals surface area contributed by atoms with E-state index in [0.29, 0.717) is 29.7 Å². The van der Waals surface area contributed by atoms with Crippen LogP contribution < -0.4 is 5.32 Å². The van der Waals surface area contributed by atoms with Gasteiger partial charge < -0.3 is 14.8 Å². The van der Waals surface area contributed by atoms with Gasteiger partial charge in [0.25, 0.3) is 5.91 Å². The van der Waals surface area contributed by atoms with Crippen molar-refractivity contribution in [3.8, 4) is 11.3 Å². The predicted molar refractivity (Wildman–Crippen MR) is 139 cm³/mol. The molecule has 6 heteroatoms. The van der Waals surface area contributed by atoms with Gasteiger partial charge in [-0.25, -0.2) is 0 Å². The summed E-state index contributed by atoms with van der Waals surface area (Å²) in [6, 6.07) is 21.5. The zero-order valence-electron chi connectivity index (χ0n) is 20.3. The molecule has 5 nitrogen and oxygen atoms in total. The van der Waals surface area contributed by atoms with Gasteiger partial charge in [-0.15, -0.1) is 0 Å². The summed E-state index contributed by atoms with van der Waals surface area (Å²) in [6.45, 7) is 4.91. The third-order valence-corrected chi connectivity index (χ3v) is 7.92. The van der Waals surface area contributed by atoms with Gasteiger partial charge in [-0.2, -0.15) is 0 Å². The van der Waals surface area contributed by atoms with Crippen molar-refractivity contribution in [1.29, 1.82) is 0 Å². The third-order valence-electron chi connectivity index (χ3n) is 7.67. The molecule has 2 heterocycles. The Morgan fingerprint density at radius 3 is 2.31 bits per heavy atom. The van der Waals surface area contributed by atoms with Crippen molar-refractivity contribution in [3.05, 3.63) is 83.0 Å². The van der Waals surface area contributed by atoms with E-state index in [1.165, 1.54) is 0 Å². The second-order valence-corrected chi connectivity index (χ2v) is 10.7. The van der Waals surface area contributed by atoms with E-state index in [1.807, 2.05) is 78.2 Å². The average molecular weight is 490 g/mol. The Morgan fingerprint density at radius 1 is 0.971 bits per heavy atom. The minimum atomic E-state index is -1.03. The summed E-state index contributed by atoms with van der Waals surface area (Å²) in [7, 11) is 0. The summed E-state index contributed by atoms with van der Waals surface area (Å²) < 4.78 is 2.01. The molecule has 0 spiro atoms. The molecule has 0 bridgehead atoms.